The first-order chi connectivity index (χ1) is 17.9. The maximum Gasteiger partial charge on any atom is 0.229 e. The molecule has 1 saturated heterocycles. The molecule has 1 atom stereocenters. The first kappa shape index (κ1) is 26.1. The van der Waals surface area contributed by atoms with Gasteiger partial charge in [-0.25, -0.2) is 4.98 Å². The standard InChI is InChI=1S/C28H35N5O4/c1-18-8-10-20(11-9-18)16-29-27(34)21-7-6-12-33(17-21)25-13-19(2)30-28(32-25)31-22-14-23(35-3)26(37-5)24(15-22)36-4/h8-11,13-15,21H,6-7,12,16-17H2,1-5H3,(H,29,34)(H,30,31,32)/t21-/m0/s1. The topological polar surface area (TPSA) is 97.8 Å². The molecule has 1 aliphatic heterocycles. The van der Waals surface area contributed by atoms with Crippen molar-refractivity contribution in [3.63, 3.8) is 0 Å². The van der Waals surface area contributed by atoms with Crippen LogP contribution in [0.4, 0.5) is 17.5 Å². The summed E-state index contributed by atoms with van der Waals surface area (Å²) < 4.78 is 16.3. The third-order valence-electron chi connectivity index (χ3n) is 6.47. The number of carbonyl (C=O) groups excluding carboxylic acids is 1. The first-order valence-corrected chi connectivity index (χ1v) is 12.4. The van der Waals surface area contributed by atoms with Crippen LogP contribution in [0.15, 0.2) is 42.5 Å². The van der Waals surface area contributed by atoms with Crippen molar-refractivity contribution < 1.29 is 19.0 Å². The number of carbonyl (C=O) groups is 1. The predicted molar refractivity (Wildman–Crippen MR) is 144 cm³/mol. The Morgan fingerprint density at radius 3 is 2.35 bits per heavy atom. The van der Waals surface area contributed by atoms with Crippen LogP contribution in [0, 0.1) is 19.8 Å². The summed E-state index contributed by atoms with van der Waals surface area (Å²) in [5.41, 5.74) is 3.83. The summed E-state index contributed by atoms with van der Waals surface area (Å²) in [6, 6.07) is 13.8. The van der Waals surface area contributed by atoms with Gasteiger partial charge in [0, 0.05) is 49.2 Å². The Kier molecular flexibility index (Phi) is 8.32. The number of ether oxygens (including phenoxy) is 3. The summed E-state index contributed by atoms with van der Waals surface area (Å²) in [5, 5.41) is 6.36. The number of benzene rings is 2. The molecule has 9 nitrogen and oxygen atoms in total. The largest absolute Gasteiger partial charge is 0.493 e. The Morgan fingerprint density at radius 1 is 1.00 bits per heavy atom. The number of aryl methyl sites for hydroxylation is 2. The molecule has 1 amide bonds. The molecule has 0 bridgehead atoms. The minimum absolute atomic E-state index is 0.0758. The van der Waals surface area contributed by atoms with Crippen molar-refractivity contribution in [1.82, 2.24) is 15.3 Å². The van der Waals surface area contributed by atoms with E-state index in [9.17, 15) is 4.79 Å². The van der Waals surface area contributed by atoms with E-state index >= 15 is 0 Å². The molecule has 1 fully saturated rings. The number of piperidine rings is 1. The van der Waals surface area contributed by atoms with E-state index in [1.54, 1.807) is 21.3 Å². The lowest BCUT2D eigenvalue weighted by molar-refractivity contribution is -0.125. The molecule has 3 aromatic rings. The normalized spacial score (nSPS) is 15.2. The van der Waals surface area contributed by atoms with E-state index in [1.165, 1.54) is 5.56 Å². The fourth-order valence-corrected chi connectivity index (χ4v) is 4.49. The summed E-state index contributed by atoms with van der Waals surface area (Å²) in [5.74, 6) is 2.81. The van der Waals surface area contributed by atoms with Gasteiger partial charge in [0.15, 0.2) is 11.5 Å². The van der Waals surface area contributed by atoms with Gasteiger partial charge in [0.05, 0.1) is 27.2 Å². The second kappa shape index (κ2) is 11.8. The zero-order valence-corrected chi connectivity index (χ0v) is 22.1. The number of nitrogens with zero attached hydrogens (tertiary/aromatic N) is 3. The van der Waals surface area contributed by atoms with Crippen LogP contribution in [0.25, 0.3) is 0 Å². The number of anilines is 3. The predicted octanol–water partition coefficient (Wildman–Crippen LogP) is 4.40. The zero-order valence-electron chi connectivity index (χ0n) is 22.1. The fraction of sp³-hybridized carbons (Fsp3) is 0.393. The molecule has 4 rings (SSSR count). The molecule has 0 aliphatic carbocycles. The molecule has 9 heteroatoms. The van der Waals surface area contributed by atoms with E-state index in [-0.39, 0.29) is 11.8 Å². The molecule has 0 spiro atoms. The van der Waals surface area contributed by atoms with Gasteiger partial charge in [-0.2, -0.15) is 4.98 Å². The molecular formula is C28H35N5O4. The molecule has 0 unspecified atom stereocenters. The minimum Gasteiger partial charge on any atom is -0.493 e. The molecule has 2 aromatic carbocycles. The maximum atomic E-state index is 12.9. The van der Waals surface area contributed by atoms with Crippen LogP contribution in [-0.2, 0) is 11.3 Å². The van der Waals surface area contributed by atoms with E-state index in [1.807, 2.05) is 25.1 Å². The average molecular weight is 506 g/mol. The number of aromatic nitrogens is 2. The number of hydrogen-bond donors (Lipinski definition) is 2. The van der Waals surface area contributed by atoms with E-state index in [4.69, 9.17) is 19.2 Å². The molecule has 2 heterocycles. The summed E-state index contributed by atoms with van der Waals surface area (Å²) in [7, 11) is 4.72. The molecule has 2 N–H and O–H groups in total. The van der Waals surface area contributed by atoms with Gasteiger partial charge in [-0.05, 0) is 32.3 Å². The van der Waals surface area contributed by atoms with E-state index in [2.05, 4.69) is 51.7 Å². The lowest BCUT2D eigenvalue weighted by Crippen LogP contribution is -2.43. The summed E-state index contributed by atoms with van der Waals surface area (Å²) in [6.45, 7) is 5.97. The van der Waals surface area contributed by atoms with Gasteiger partial charge < -0.3 is 29.7 Å². The van der Waals surface area contributed by atoms with Gasteiger partial charge in [-0.15, -0.1) is 0 Å². The van der Waals surface area contributed by atoms with Crippen LogP contribution in [0.2, 0.25) is 0 Å². The van der Waals surface area contributed by atoms with Crippen molar-refractivity contribution in [2.45, 2.75) is 33.2 Å². The molecule has 37 heavy (non-hydrogen) atoms. The van der Waals surface area contributed by atoms with Crippen molar-refractivity contribution in [1.29, 1.82) is 0 Å². The maximum absolute atomic E-state index is 12.9. The number of nitrogens with one attached hydrogen (secondary N) is 2. The zero-order chi connectivity index (χ0) is 26.4. The Hall–Kier alpha value is -4.01. The molecular weight excluding hydrogens is 470 g/mol. The van der Waals surface area contributed by atoms with Crippen molar-refractivity contribution >= 4 is 23.4 Å². The highest BCUT2D eigenvalue weighted by molar-refractivity contribution is 5.79. The Labute approximate surface area is 218 Å². The quantitative estimate of drug-likeness (QED) is 0.442. The van der Waals surface area contributed by atoms with Gasteiger partial charge >= 0.3 is 0 Å². The second-order valence-electron chi connectivity index (χ2n) is 9.22. The lowest BCUT2D eigenvalue weighted by atomic mass is 9.97. The molecule has 1 aromatic heterocycles. The minimum atomic E-state index is -0.0963. The molecule has 196 valence electrons. The first-order valence-electron chi connectivity index (χ1n) is 12.4. The van der Waals surface area contributed by atoms with Crippen LogP contribution in [0.1, 0.15) is 29.7 Å². The summed E-state index contributed by atoms with van der Waals surface area (Å²) in [6.07, 6.45) is 1.78. The highest BCUT2D eigenvalue weighted by Gasteiger charge is 2.27. The van der Waals surface area contributed by atoms with Crippen molar-refractivity contribution in [3.05, 3.63) is 59.3 Å². The highest BCUT2D eigenvalue weighted by Crippen LogP contribution is 2.40. The van der Waals surface area contributed by atoms with Crippen molar-refractivity contribution in [2.24, 2.45) is 5.92 Å². The van der Waals surface area contributed by atoms with E-state index in [0.29, 0.717) is 42.0 Å². The van der Waals surface area contributed by atoms with Crippen molar-refractivity contribution in [2.75, 3.05) is 44.6 Å². The number of methoxy groups -OCH3 is 3. The van der Waals surface area contributed by atoms with Crippen molar-refractivity contribution in [3.8, 4) is 17.2 Å². The van der Waals surface area contributed by atoms with Crippen LogP contribution in [0.5, 0.6) is 17.2 Å². The Morgan fingerprint density at radius 2 is 1.70 bits per heavy atom. The summed E-state index contributed by atoms with van der Waals surface area (Å²) in [4.78, 5) is 24.4. The van der Waals surface area contributed by atoms with Crippen LogP contribution >= 0.6 is 0 Å². The number of hydrogen-bond acceptors (Lipinski definition) is 8. The Bertz CT molecular complexity index is 1210. The average Bonchev–Trinajstić information content (AvgIpc) is 2.91. The Balaban J connectivity index is 1.46. The molecule has 1 aliphatic rings. The van der Waals surface area contributed by atoms with Gasteiger partial charge in [0.1, 0.15) is 5.82 Å². The van der Waals surface area contributed by atoms with Gasteiger partial charge in [0.25, 0.3) is 0 Å². The third kappa shape index (κ3) is 6.41. The highest BCUT2D eigenvalue weighted by atomic mass is 16.5. The van der Waals surface area contributed by atoms with E-state index < -0.39 is 0 Å². The van der Waals surface area contributed by atoms with Gasteiger partial charge in [0.2, 0.25) is 17.6 Å². The van der Waals surface area contributed by atoms with E-state index in [0.717, 1.165) is 36.5 Å². The van der Waals surface area contributed by atoms with Crippen LogP contribution in [0.3, 0.4) is 0 Å². The summed E-state index contributed by atoms with van der Waals surface area (Å²) >= 11 is 0. The lowest BCUT2D eigenvalue weighted by Gasteiger charge is -2.33. The fourth-order valence-electron chi connectivity index (χ4n) is 4.49. The second-order valence-corrected chi connectivity index (χ2v) is 9.22. The smallest absolute Gasteiger partial charge is 0.229 e. The van der Waals surface area contributed by atoms with Gasteiger partial charge in [-0.1, -0.05) is 29.8 Å². The molecule has 0 radical (unpaired) electrons. The van der Waals surface area contributed by atoms with Gasteiger partial charge in [-0.3, -0.25) is 4.79 Å². The number of rotatable bonds is 9. The third-order valence-corrected chi connectivity index (χ3v) is 6.47. The molecule has 0 saturated carbocycles. The SMILES string of the molecule is COc1cc(Nc2nc(C)cc(N3CCC[C@H](C(=O)NCc4ccc(C)cc4)C3)n2)cc(OC)c1OC. The number of amides is 1. The van der Waals surface area contributed by atoms with Crippen LogP contribution in [-0.4, -0.2) is 50.3 Å². The monoisotopic (exact) mass is 505 g/mol. The van der Waals surface area contributed by atoms with Crippen LogP contribution < -0.4 is 29.7 Å².